The van der Waals surface area contributed by atoms with E-state index in [1.165, 1.54) is 51.4 Å². The fraction of sp³-hybridized carbons (Fsp3) is 0.929. The average molecular weight is 243 g/mol. The van der Waals surface area contributed by atoms with Crippen molar-refractivity contribution in [1.82, 2.24) is 5.32 Å². The normalized spacial score (nSPS) is 12.6. The zero-order valence-corrected chi connectivity index (χ0v) is 11.5. The maximum absolute atomic E-state index is 10.5. The lowest BCUT2D eigenvalue weighted by atomic mass is 10.1. The molecule has 3 nitrogen and oxygen atoms in total. The molecule has 0 fully saturated rings. The molecule has 0 aromatic rings. The van der Waals surface area contributed by atoms with E-state index in [9.17, 15) is 4.79 Å². The van der Waals surface area contributed by atoms with Gasteiger partial charge in [0.15, 0.2) is 0 Å². The Labute approximate surface area is 106 Å². The van der Waals surface area contributed by atoms with E-state index in [0.717, 1.165) is 13.0 Å². The number of hydrogen-bond acceptors (Lipinski definition) is 2. The summed E-state index contributed by atoms with van der Waals surface area (Å²) < 4.78 is 0. The molecule has 0 aromatic carbocycles. The molecule has 0 rings (SSSR count). The lowest BCUT2D eigenvalue weighted by Crippen LogP contribution is -2.34. The van der Waals surface area contributed by atoms with Gasteiger partial charge in [-0.2, -0.15) is 0 Å². The van der Waals surface area contributed by atoms with Crippen molar-refractivity contribution >= 4 is 5.97 Å². The second-order valence-corrected chi connectivity index (χ2v) is 4.84. The van der Waals surface area contributed by atoms with Crippen molar-refractivity contribution in [3.05, 3.63) is 0 Å². The summed E-state index contributed by atoms with van der Waals surface area (Å²) >= 11 is 0. The monoisotopic (exact) mass is 243 g/mol. The molecule has 0 saturated carbocycles. The molecule has 0 aliphatic heterocycles. The molecule has 0 amide bonds. The van der Waals surface area contributed by atoms with Crippen LogP contribution in [0.1, 0.15) is 71.6 Å². The lowest BCUT2D eigenvalue weighted by Gasteiger charge is -2.08. The molecule has 1 atom stereocenters. The maximum Gasteiger partial charge on any atom is 0.320 e. The van der Waals surface area contributed by atoms with E-state index >= 15 is 0 Å². The average Bonchev–Trinajstić information content (AvgIpc) is 2.31. The van der Waals surface area contributed by atoms with Gasteiger partial charge in [0.25, 0.3) is 0 Å². The summed E-state index contributed by atoms with van der Waals surface area (Å²) in [4.78, 5) is 10.5. The van der Waals surface area contributed by atoms with Crippen LogP contribution in [0.15, 0.2) is 0 Å². The Morgan fingerprint density at radius 2 is 1.47 bits per heavy atom. The SMILES string of the molecule is CCCCCCCCCCCNC(C)C(=O)O. The van der Waals surface area contributed by atoms with E-state index in [-0.39, 0.29) is 0 Å². The van der Waals surface area contributed by atoms with Crippen LogP contribution in [0.3, 0.4) is 0 Å². The van der Waals surface area contributed by atoms with Gasteiger partial charge in [-0.05, 0) is 19.9 Å². The molecule has 0 aliphatic rings. The molecule has 0 radical (unpaired) electrons. The van der Waals surface area contributed by atoms with Crippen LogP contribution in [-0.4, -0.2) is 23.7 Å². The first-order valence-electron chi connectivity index (χ1n) is 7.14. The highest BCUT2D eigenvalue weighted by Crippen LogP contribution is 2.09. The number of aliphatic carboxylic acids is 1. The van der Waals surface area contributed by atoms with E-state index in [4.69, 9.17) is 5.11 Å². The summed E-state index contributed by atoms with van der Waals surface area (Å²) in [6.07, 6.45) is 11.7. The molecule has 2 N–H and O–H groups in total. The topological polar surface area (TPSA) is 49.3 Å². The summed E-state index contributed by atoms with van der Waals surface area (Å²) in [5, 5.41) is 11.7. The number of rotatable bonds is 12. The summed E-state index contributed by atoms with van der Waals surface area (Å²) in [6, 6.07) is -0.413. The van der Waals surface area contributed by atoms with Gasteiger partial charge in [0.2, 0.25) is 0 Å². The standard InChI is InChI=1S/C14H29NO2/c1-3-4-5-6-7-8-9-10-11-12-15-13(2)14(16)17/h13,15H,3-12H2,1-2H3,(H,16,17). The number of carboxylic acid groups (broad SMARTS) is 1. The van der Waals surface area contributed by atoms with Gasteiger partial charge in [-0.15, -0.1) is 0 Å². The van der Waals surface area contributed by atoms with Gasteiger partial charge in [-0.25, -0.2) is 0 Å². The van der Waals surface area contributed by atoms with Gasteiger partial charge in [-0.3, -0.25) is 4.79 Å². The van der Waals surface area contributed by atoms with Crippen LogP contribution in [0.2, 0.25) is 0 Å². The minimum atomic E-state index is -0.763. The first-order valence-corrected chi connectivity index (χ1v) is 7.14. The quantitative estimate of drug-likeness (QED) is 0.515. The number of unbranched alkanes of at least 4 members (excludes halogenated alkanes) is 8. The molecule has 17 heavy (non-hydrogen) atoms. The van der Waals surface area contributed by atoms with E-state index in [0.29, 0.717) is 0 Å². The smallest absolute Gasteiger partial charge is 0.320 e. The van der Waals surface area contributed by atoms with E-state index in [1.54, 1.807) is 6.92 Å². The zero-order valence-electron chi connectivity index (χ0n) is 11.5. The molecular formula is C14H29NO2. The van der Waals surface area contributed by atoms with Gasteiger partial charge in [0, 0.05) is 0 Å². The van der Waals surface area contributed by atoms with E-state index in [1.807, 2.05) is 0 Å². The van der Waals surface area contributed by atoms with Gasteiger partial charge in [0.1, 0.15) is 6.04 Å². The zero-order chi connectivity index (χ0) is 12.9. The Morgan fingerprint density at radius 3 is 1.94 bits per heavy atom. The second-order valence-electron chi connectivity index (χ2n) is 4.84. The van der Waals surface area contributed by atoms with Gasteiger partial charge < -0.3 is 10.4 Å². The first kappa shape index (κ1) is 16.4. The van der Waals surface area contributed by atoms with Crippen LogP contribution >= 0.6 is 0 Å². The van der Waals surface area contributed by atoms with Crippen molar-refractivity contribution in [2.75, 3.05) is 6.54 Å². The predicted molar refractivity (Wildman–Crippen MR) is 72.3 cm³/mol. The van der Waals surface area contributed by atoms with Crippen LogP contribution in [0.4, 0.5) is 0 Å². The lowest BCUT2D eigenvalue weighted by molar-refractivity contribution is -0.138. The molecule has 0 heterocycles. The minimum absolute atomic E-state index is 0.413. The van der Waals surface area contributed by atoms with Crippen LogP contribution in [0, 0.1) is 0 Å². The first-order chi connectivity index (χ1) is 8.18. The highest BCUT2D eigenvalue weighted by atomic mass is 16.4. The number of hydrogen-bond donors (Lipinski definition) is 2. The van der Waals surface area contributed by atoms with Crippen LogP contribution in [0.5, 0.6) is 0 Å². The number of nitrogens with one attached hydrogen (secondary N) is 1. The van der Waals surface area contributed by atoms with Crippen LogP contribution < -0.4 is 5.32 Å². The Morgan fingerprint density at radius 1 is 1.00 bits per heavy atom. The number of carboxylic acids is 1. The fourth-order valence-corrected chi connectivity index (χ4v) is 1.84. The van der Waals surface area contributed by atoms with E-state index in [2.05, 4.69) is 12.2 Å². The van der Waals surface area contributed by atoms with Crippen LogP contribution in [-0.2, 0) is 4.79 Å². The summed E-state index contributed by atoms with van der Waals surface area (Å²) in [5.74, 6) is -0.763. The Balaban J connectivity index is 3.06. The molecule has 1 unspecified atom stereocenters. The van der Waals surface area contributed by atoms with Gasteiger partial charge in [-0.1, -0.05) is 58.3 Å². The summed E-state index contributed by atoms with van der Waals surface area (Å²) in [7, 11) is 0. The molecule has 102 valence electrons. The van der Waals surface area contributed by atoms with Crippen molar-refractivity contribution in [2.24, 2.45) is 0 Å². The number of carbonyl (C=O) groups is 1. The molecule has 0 bridgehead atoms. The van der Waals surface area contributed by atoms with Crippen LogP contribution in [0.25, 0.3) is 0 Å². The Kier molecular flexibility index (Phi) is 11.5. The van der Waals surface area contributed by atoms with Crippen molar-refractivity contribution in [3.63, 3.8) is 0 Å². The predicted octanol–water partition coefficient (Wildman–Crippen LogP) is 3.58. The van der Waals surface area contributed by atoms with Crippen molar-refractivity contribution in [2.45, 2.75) is 77.7 Å². The van der Waals surface area contributed by atoms with Crippen molar-refractivity contribution < 1.29 is 9.90 Å². The molecular weight excluding hydrogens is 214 g/mol. The third-order valence-corrected chi connectivity index (χ3v) is 3.10. The van der Waals surface area contributed by atoms with E-state index < -0.39 is 12.0 Å². The second kappa shape index (κ2) is 11.9. The highest BCUT2D eigenvalue weighted by molar-refractivity contribution is 5.72. The third-order valence-electron chi connectivity index (χ3n) is 3.10. The summed E-state index contributed by atoms with van der Waals surface area (Å²) in [6.45, 7) is 4.75. The maximum atomic E-state index is 10.5. The molecule has 0 spiro atoms. The molecule has 3 heteroatoms. The molecule has 0 aliphatic carbocycles. The summed E-state index contributed by atoms with van der Waals surface area (Å²) in [5.41, 5.74) is 0. The van der Waals surface area contributed by atoms with Gasteiger partial charge >= 0.3 is 5.97 Å². The third kappa shape index (κ3) is 11.7. The minimum Gasteiger partial charge on any atom is -0.480 e. The van der Waals surface area contributed by atoms with Crippen molar-refractivity contribution in [1.29, 1.82) is 0 Å². The Hall–Kier alpha value is -0.570. The fourth-order valence-electron chi connectivity index (χ4n) is 1.84. The Bertz CT molecular complexity index is 183. The highest BCUT2D eigenvalue weighted by Gasteiger charge is 2.07. The molecule has 0 aromatic heterocycles. The van der Waals surface area contributed by atoms with Crippen molar-refractivity contribution in [3.8, 4) is 0 Å². The largest absolute Gasteiger partial charge is 0.480 e. The van der Waals surface area contributed by atoms with Gasteiger partial charge in [0.05, 0.1) is 0 Å². The molecule has 0 saturated heterocycles.